The van der Waals surface area contributed by atoms with Gasteiger partial charge in [0.15, 0.2) is 0 Å². The predicted molar refractivity (Wildman–Crippen MR) is 56.4 cm³/mol. The van der Waals surface area contributed by atoms with Gasteiger partial charge in [-0.25, -0.2) is 0 Å². The van der Waals surface area contributed by atoms with Gasteiger partial charge in [-0.2, -0.15) is 0 Å². The van der Waals surface area contributed by atoms with E-state index in [9.17, 15) is 0 Å². The van der Waals surface area contributed by atoms with Crippen molar-refractivity contribution in [2.75, 3.05) is 18.6 Å². The molecule has 0 bridgehead atoms. The lowest BCUT2D eigenvalue weighted by Crippen LogP contribution is -2.19. The topological polar surface area (TPSA) is 35.5 Å². The number of nitrogens with one attached hydrogen (secondary N) is 1. The van der Waals surface area contributed by atoms with Gasteiger partial charge in [0.25, 0.3) is 0 Å². The zero-order valence-corrected chi connectivity index (χ0v) is 8.24. The normalized spacial score (nSPS) is 17.2. The molecule has 0 saturated carbocycles. The van der Waals surface area contributed by atoms with E-state index in [1.807, 2.05) is 18.2 Å². The van der Waals surface area contributed by atoms with Crippen LogP contribution in [0.4, 0.5) is 5.69 Å². The standard InChI is InChI=1S/C11H16N2O/c14-12-11-6-2-1-5-10(11)9-13-7-3-4-8-13/h1-2,5-6,12,14H,3-4,7-9H2. The minimum atomic E-state index is 0.819. The fourth-order valence-electron chi connectivity index (χ4n) is 1.95. The highest BCUT2D eigenvalue weighted by molar-refractivity contribution is 5.49. The summed E-state index contributed by atoms with van der Waals surface area (Å²) in [5.74, 6) is 0. The first-order chi connectivity index (χ1) is 6.90. The number of hydrogen-bond donors (Lipinski definition) is 2. The minimum Gasteiger partial charge on any atom is -0.299 e. The molecule has 2 rings (SSSR count). The first-order valence-electron chi connectivity index (χ1n) is 5.10. The Morgan fingerprint density at radius 2 is 1.93 bits per heavy atom. The van der Waals surface area contributed by atoms with Crippen LogP contribution >= 0.6 is 0 Å². The summed E-state index contributed by atoms with van der Waals surface area (Å²) in [5, 5.41) is 8.92. The fourth-order valence-corrected chi connectivity index (χ4v) is 1.95. The van der Waals surface area contributed by atoms with Crippen LogP contribution in [-0.2, 0) is 6.54 Å². The maximum atomic E-state index is 8.92. The third kappa shape index (κ3) is 2.05. The minimum absolute atomic E-state index is 0.819. The molecular weight excluding hydrogens is 176 g/mol. The summed E-state index contributed by atoms with van der Waals surface area (Å²) in [6.07, 6.45) is 2.60. The van der Waals surface area contributed by atoms with Gasteiger partial charge >= 0.3 is 0 Å². The van der Waals surface area contributed by atoms with Crippen molar-refractivity contribution in [2.45, 2.75) is 19.4 Å². The average Bonchev–Trinajstić information content (AvgIpc) is 2.71. The smallest absolute Gasteiger partial charge is 0.0647 e. The van der Waals surface area contributed by atoms with E-state index in [4.69, 9.17) is 5.21 Å². The quantitative estimate of drug-likeness (QED) is 0.720. The Bertz CT molecular complexity index is 295. The molecule has 1 aliphatic heterocycles. The van der Waals surface area contributed by atoms with Crippen LogP contribution in [0.15, 0.2) is 24.3 Å². The summed E-state index contributed by atoms with van der Waals surface area (Å²) in [6.45, 7) is 3.29. The molecule has 1 aromatic rings. The molecular formula is C11H16N2O. The zero-order valence-electron chi connectivity index (χ0n) is 8.24. The number of benzene rings is 1. The van der Waals surface area contributed by atoms with Crippen molar-refractivity contribution in [3.05, 3.63) is 29.8 Å². The first-order valence-corrected chi connectivity index (χ1v) is 5.10. The van der Waals surface area contributed by atoms with Gasteiger partial charge < -0.3 is 0 Å². The van der Waals surface area contributed by atoms with Gasteiger partial charge in [-0.1, -0.05) is 18.2 Å². The van der Waals surface area contributed by atoms with E-state index >= 15 is 0 Å². The van der Waals surface area contributed by atoms with Crippen LogP contribution in [0.3, 0.4) is 0 Å². The van der Waals surface area contributed by atoms with Crippen LogP contribution < -0.4 is 5.48 Å². The van der Waals surface area contributed by atoms with Crippen LogP contribution in [0.25, 0.3) is 0 Å². The molecule has 1 heterocycles. The molecule has 14 heavy (non-hydrogen) atoms. The van der Waals surface area contributed by atoms with Crippen LogP contribution in [0, 0.1) is 0 Å². The van der Waals surface area contributed by atoms with E-state index in [1.54, 1.807) is 0 Å². The molecule has 1 aliphatic rings. The van der Waals surface area contributed by atoms with Crippen molar-refractivity contribution in [3.63, 3.8) is 0 Å². The second-order valence-corrected chi connectivity index (χ2v) is 3.75. The molecule has 0 aromatic heterocycles. The van der Waals surface area contributed by atoms with Crippen molar-refractivity contribution in [2.24, 2.45) is 0 Å². The molecule has 3 nitrogen and oxygen atoms in total. The fraction of sp³-hybridized carbons (Fsp3) is 0.455. The van der Waals surface area contributed by atoms with Gasteiger partial charge in [-0.3, -0.25) is 15.6 Å². The molecule has 1 saturated heterocycles. The van der Waals surface area contributed by atoms with E-state index in [2.05, 4.69) is 16.4 Å². The lowest BCUT2D eigenvalue weighted by atomic mass is 10.2. The molecule has 0 radical (unpaired) electrons. The van der Waals surface area contributed by atoms with Crippen molar-refractivity contribution in [1.29, 1.82) is 0 Å². The number of para-hydroxylation sites is 1. The summed E-state index contributed by atoms with van der Waals surface area (Å²) in [5.41, 5.74) is 4.23. The largest absolute Gasteiger partial charge is 0.299 e. The molecule has 0 aliphatic carbocycles. The molecule has 1 aromatic carbocycles. The van der Waals surface area contributed by atoms with Gasteiger partial charge in [0.05, 0.1) is 5.69 Å². The third-order valence-electron chi connectivity index (χ3n) is 2.73. The van der Waals surface area contributed by atoms with Crippen molar-refractivity contribution < 1.29 is 5.21 Å². The first kappa shape index (κ1) is 9.49. The highest BCUT2D eigenvalue weighted by Crippen LogP contribution is 2.18. The summed E-state index contributed by atoms with van der Waals surface area (Å²) in [7, 11) is 0. The Morgan fingerprint density at radius 3 is 2.64 bits per heavy atom. The molecule has 76 valence electrons. The van der Waals surface area contributed by atoms with Crippen LogP contribution in [0.2, 0.25) is 0 Å². The zero-order chi connectivity index (χ0) is 9.80. The second kappa shape index (κ2) is 4.44. The van der Waals surface area contributed by atoms with Crippen LogP contribution in [-0.4, -0.2) is 23.2 Å². The van der Waals surface area contributed by atoms with E-state index in [0.717, 1.165) is 17.8 Å². The predicted octanol–water partition coefficient (Wildman–Crippen LogP) is 2.08. The Hall–Kier alpha value is -1.06. The van der Waals surface area contributed by atoms with Crippen molar-refractivity contribution >= 4 is 5.69 Å². The molecule has 0 spiro atoms. The van der Waals surface area contributed by atoms with Crippen molar-refractivity contribution in [1.82, 2.24) is 4.90 Å². The molecule has 0 unspecified atom stereocenters. The average molecular weight is 192 g/mol. The highest BCUT2D eigenvalue weighted by atomic mass is 16.5. The molecule has 0 atom stereocenters. The van der Waals surface area contributed by atoms with Gasteiger partial charge in [-0.05, 0) is 37.6 Å². The highest BCUT2D eigenvalue weighted by Gasteiger charge is 2.12. The number of likely N-dealkylation sites (tertiary alicyclic amines) is 1. The number of hydrogen-bond acceptors (Lipinski definition) is 3. The Morgan fingerprint density at radius 1 is 1.21 bits per heavy atom. The number of rotatable bonds is 3. The third-order valence-corrected chi connectivity index (χ3v) is 2.73. The summed E-state index contributed by atoms with van der Waals surface area (Å²) >= 11 is 0. The molecule has 2 N–H and O–H groups in total. The lowest BCUT2D eigenvalue weighted by molar-refractivity contribution is 0.329. The summed E-state index contributed by atoms with van der Waals surface area (Å²) in [6, 6.07) is 7.88. The van der Waals surface area contributed by atoms with Crippen molar-refractivity contribution in [3.8, 4) is 0 Å². The second-order valence-electron chi connectivity index (χ2n) is 3.75. The SMILES string of the molecule is ONc1ccccc1CN1CCCC1. The number of anilines is 1. The van der Waals surface area contributed by atoms with Crippen LogP contribution in [0.5, 0.6) is 0 Å². The molecule has 0 amide bonds. The Labute approximate surface area is 84.3 Å². The van der Waals surface area contributed by atoms with E-state index < -0.39 is 0 Å². The summed E-state index contributed by atoms with van der Waals surface area (Å²) in [4.78, 5) is 2.41. The summed E-state index contributed by atoms with van der Waals surface area (Å²) < 4.78 is 0. The van der Waals surface area contributed by atoms with E-state index in [-0.39, 0.29) is 0 Å². The Balaban J connectivity index is 2.07. The van der Waals surface area contributed by atoms with Crippen LogP contribution in [0.1, 0.15) is 18.4 Å². The monoisotopic (exact) mass is 192 g/mol. The number of nitrogens with zero attached hydrogens (tertiary/aromatic N) is 1. The van der Waals surface area contributed by atoms with Gasteiger partial charge in [0.1, 0.15) is 0 Å². The molecule has 3 heteroatoms. The van der Waals surface area contributed by atoms with Gasteiger partial charge in [-0.15, -0.1) is 0 Å². The van der Waals surface area contributed by atoms with E-state index in [0.29, 0.717) is 0 Å². The lowest BCUT2D eigenvalue weighted by Gasteiger charge is -2.16. The maximum Gasteiger partial charge on any atom is 0.0647 e. The Kier molecular flexibility index (Phi) is 3.01. The van der Waals surface area contributed by atoms with Gasteiger partial charge in [0.2, 0.25) is 0 Å². The molecule has 1 fully saturated rings. The maximum absolute atomic E-state index is 8.92. The van der Waals surface area contributed by atoms with E-state index in [1.165, 1.54) is 25.9 Å². The van der Waals surface area contributed by atoms with Gasteiger partial charge in [0, 0.05) is 6.54 Å².